The first-order valence-electron chi connectivity index (χ1n) is 6.02. The molecule has 3 nitrogen and oxygen atoms in total. The number of carbonyl (C=O) groups excluding carboxylic acids is 1. The normalized spacial score (nSPS) is 19.4. The predicted octanol–water partition coefficient (Wildman–Crippen LogP) is 3.13. The highest BCUT2D eigenvalue weighted by Gasteiger charge is 2.25. The SMILES string of the molecule is O=C(OCc1ccccc1)N1CCC(/C=C\F)C1. The molecule has 4 heteroatoms. The van der Waals surface area contributed by atoms with Crippen molar-refractivity contribution in [3.63, 3.8) is 0 Å². The molecule has 0 radical (unpaired) electrons. The lowest BCUT2D eigenvalue weighted by atomic mass is 10.1. The van der Waals surface area contributed by atoms with E-state index in [1.165, 1.54) is 6.08 Å². The van der Waals surface area contributed by atoms with Gasteiger partial charge < -0.3 is 9.64 Å². The minimum Gasteiger partial charge on any atom is -0.445 e. The number of ether oxygens (including phenoxy) is 1. The van der Waals surface area contributed by atoms with Crippen LogP contribution in [0.3, 0.4) is 0 Å². The highest BCUT2D eigenvalue weighted by molar-refractivity contribution is 5.68. The van der Waals surface area contributed by atoms with Crippen LogP contribution in [0, 0.1) is 5.92 Å². The van der Waals surface area contributed by atoms with Gasteiger partial charge in [0.15, 0.2) is 0 Å². The largest absolute Gasteiger partial charge is 0.445 e. The first-order chi connectivity index (χ1) is 8.79. The van der Waals surface area contributed by atoms with Crippen LogP contribution >= 0.6 is 0 Å². The Balaban J connectivity index is 1.79. The lowest BCUT2D eigenvalue weighted by Crippen LogP contribution is -2.29. The molecule has 0 aromatic heterocycles. The van der Waals surface area contributed by atoms with E-state index in [1.54, 1.807) is 4.90 Å². The van der Waals surface area contributed by atoms with E-state index in [0.29, 0.717) is 19.4 Å². The maximum absolute atomic E-state index is 12.0. The van der Waals surface area contributed by atoms with E-state index >= 15 is 0 Å². The number of hydrogen-bond donors (Lipinski definition) is 0. The molecule has 1 saturated heterocycles. The number of amides is 1. The van der Waals surface area contributed by atoms with Gasteiger partial charge in [-0.1, -0.05) is 36.4 Å². The van der Waals surface area contributed by atoms with Gasteiger partial charge in [0.05, 0.1) is 6.33 Å². The van der Waals surface area contributed by atoms with Crippen molar-refractivity contribution in [2.75, 3.05) is 13.1 Å². The summed E-state index contributed by atoms with van der Waals surface area (Å²) >= 11 is 0. The maximum atomic E-state index is 12.0. The molecule has 1 amide bonds. The highest BCUT2D eigenvalue weighted by Crippen LogP contribution is 2.18. The molecule has 0 N–H and O–H groups in total. The smallest absolute Gasteiger partial charge is 0.410 e. The lowest BCUT2D eigenvalue weighted by Gasteiger charge is -2.15. The molecule has 0 saturated carbocycles. The van der Waals surface area contributed by atoms with Gasteiger partial charge in [0.25, 0.3) is 0 Å². The number of nitrogens with zero attached hydrogens (tertiary/aromatic N) is 1. The first kappa shape index (κ1) is 12.6. The molecule has 1 heterocycles. The zero-order valence-electron chi connectivity index (χ0n) is 10.1. The van der Waals surface area contributed by atoms with Gasteiger partial charge in [-0.15, -0.1) is 0 Å². The third-order valence-corrected chi connectivity index (χ3v) is 3.03. The molecular formula is C14H16FNO2. The monoisotopic (exact) mass is 249 g/mol. The Kier molecular flexibility index (Phi) is 4.34. The van der Waals surface area contributed by atoms with Crippen LogP contribution in [0.1, 0.15) is 12.0 Å². The average molecular weight is 249 g/mol. The number of carbonyl (C=O) groups is 1. The molecule has 18 heavy (non-hydrogen) atoms. The summed E-state index contributed by atoms with van der Waals surface area (Å²) in [6, 6.07) is 9.54. The molecule has 1 fully saturated rings. The quantitative estimate of drug-likeness (QED) is 0.823. The van der Waals surface area contributed by atoms with E-state index in [0.717, 1.165) is 12.0 Å². The molecule has 96 valence electrons. The summed E-state index contributed by atoms with van der Waals surface area (Å²) in [5, 5.41) is 0. The summed E-state index contributed by atoms with van der Waals surface area (Å²) in [5.74, 6) is 0.110. The number of halogens is 1. The topological polar surface area (TPSA) is 29.5 Å². The summed E-state index contributed by atoms with van der Waals surface area (Å²) in [7, 11) is 0. The lowest BCUT2D eigenvalue weighted by molar-refractivity contribution is 0.103. The van der Waals surface area contributed by atoms with Crippen LogP contribution in [-0.2, 0) is 11.3 Å². The van der Waals surface area contributed by atoms with Gasteiger partial charge in [-0.05, 0) is 17.9 Å². The molecule has 0 aliphatic carbocycles. The second-order valence-electron chi connectivity index (χ2n) is 4.35. The van der Waals surface area contributed by atoms with E-state index in [9.17, 15) is 9.18 Å². The Morgan fingerprint density at radius 3 is 2.94 bits per heavy atom. The summed E-state index contributed by atoms with van der Waals surface area (Å²) in [4.78, 5) is 13.4. The molecule has 1 aliphatic heterocycles. The number of hydrogen-bond acceptors (Lipinski definition) is 2. The van der Waals surface area contributed by atoms with Crippen LogP contribution in [0.2, 0.25) is 0 Å². The summed E-state index contributed by atoms with van der Waals surface area (Å²) in [6.45, 7) is 1.44. The van der Waals surface area contributed by atoms with Gasteiger partial charge in [0, 0.05) is 13.1 Å². The maximum Gasteiger partial charge on any atom is 0.410 e. The molecule has 0 bridgehead atoms. The standard InChI is InChI=1S/C14H16FNO2/c15-8-6-12-7-9-16(10-12)14(17)18-11-13-4-2-1-3-5-13/h1-6,8,12H,7,9-11H2/b8-6-. The van der Waals surface area contributed by atoms with Gasteiger partial charge in [-0.25, -0.2) is 9.18 Å². The molecule has 0 spiro atoms. The van der Waals surface area contributed by atoms with Crippen LogP contribution in [0.25, 0.3) is 0 Å². The Hall–Kier alpha value is -1.84. The summed E-state index contributed by atoms with van der Waals surface area (Å²) in [6.07, 6.45) is 2.50. The fourth-order valence-electron chi connectivity index (χ4n) is 2.02. The van der Waals surface area contributed by atoms with Crippen molar-refractivity contribution in [2.24, 2.45) is 5.92 Å². The van der Waals surface area contributed by atoms with Gasteiger partial charge in [0.2, 0.25) is 0 Å². The van der Waals surface area contributed by atoms with Crippen LogP contribution in [0.4, 0.5) is 9.18 Å². The van der Waals surface area contributed by atoms with Crippen molar-refractivity contribution in [3.05, 3.63) is 48.3 Å². The Bertz CT molecular complexity index is 419. The van der Waals surface area contributed by atoms with Crippen LogP contribution < -0.4 is 0 Å². The third-order valence-electron chi connectivity index (χ3n) is 3.03. The zero-order valence-corrected chi connectivity index (χ0v) is 10.1. The van der Waals surface area contributed by atoms with E-state index in [-0.39, 0.29) is 18.6 Å². The number of rotatable bonds is 3. The second kappa shape index (κ2) is 6.19. The van der Waals surface area contributed by atoms with Crippen LogP contribution in [0.5, 0.6) is 0 Å². The minimum absolute atomic E-state index is 0.110. The molecule has 1 unspecified atom stereocenters. The van der Waals surface area contributed by atoms with Crippen molar-refractivity contribution in [1.82, 2.24) is 4.90 Å². The highest BCUT2D eigenvalue weighted by atomic mass is 19.1. The van der Waals surface area contributed by atoms with Crippen molar-refractivity contribution in [3.8, 4) is 0 Å². The van der Waals surface area contributed by atoms with E-state index in [1.807, 2.05) is 30.3 Å². The summed E-state index contributed by atoms with van der Waals surface area (Å²) in [5.41, 5.74) is 0.963. The fraction of sp³-hybridized carbons (Fsp3) is 0.357. The van der Waals surface area contributed by atoms with E-state index in [4.69, 9.17) is 4.74 Å². The molecule has 2 rings (SSSR count). The molecular weight excluding hydrogens is 233 g/mol. The van der Waals surface area contributed by atoms with Crippen molar-refractivity contribution < 1.29 is 13.9 Å². The second-order valence-corrected chi connectivity index (χ2v) is 4.35. The van der Waals surface area contributed by atoms with E-state index in [2.05, 4.69) is 0 Å². The molecule has 1 aromatic rings. The van der Waals surface area contributed by atoms with Gasteiger partial charge in [-0.2, -0.15) is 0 Å². The fourth-order valence-corrected chi connectivity index (χ4v) is 2.02. The Morgan fingerprint density at radius 1 is 1.44 bits per heavy atom. The van der Waals surface area contributed by atoms with Gasteiger partial charge in [-0.3, -0.25) is 0 Å². The van der Waals surface area contributed by atoms with Crippen molar-refractivity contribution in [2.45, 2.75) is 13.0 Å². The van der Waals surface area contributed by atoms with Crippen molar-refractivity contribution in [1.29, 1.82) is 0 Å². The van der Waals surface area contributed by atoms with E-state index < -0.39 is 0 Å². The molecule has 1 aromatic carbocycles. The van der Waals surface area contributed by atoms with Crippen LogP contribution in [-0.4, -0.2) is 24.1 Å². The van der Waals surface area contributed by atoms with Gasteiger partial charge >= 0.3 is 6.09 Å². The Morgan fingerprint density at radius 2 is 2.22 bits per heavy atom. The third kappa shape index (κ3) is 3.32. The van der Waals surface area contributed by atoms with Gasteiger partial charge in [0.1, 0.15) is 6.61 Å². The van der Waals surface area contributed by atoms with Crippen molar-refractivity contribution >= 4 is 6.09 Å². The predicted molar refractivity (Wildman–Crippen MR) is 66.6 cm³/mol. The average Bonchev–Trinajstić information content (AvgIpc) is 2.86. The number of likely N-dealkylation sites (tertiary alicyclic amines) is 1. The minimum atomic E-state index is -0.325. The molecule has 1 aliphatic rings. The Labute approximate surface area is 106 Å². The number of benzene rings is 1. The first-order valence-corrected chi connectivity index (χ1v) is 6.02. The molecule has 1 atom stereocenters. The van der Waals surface area contributed by atoms with Crippen LogP contribution in [0.15, 0.2) is 42.7 Å². The summed E-state index contributed by atoms with van der Waals surface area (Å²) < 4.78 is 17.2. The zero-order chi connectivity index (χ0) is 12.8.